The van der Waals surface area contributed by atoms with Gasteiger partial charge in [0.05, 0.1) is 5.69 Å². The molecule has 4 nitrogen and oxygen atoms in total. The molecular formula is C16H23N3O. The second-order valence-electron chi connectivity index (χ2n) is 5.87. The molecule has 0 fully saturated rings. The summed E-state index contributed by atoms with van der Waals surface area (Å²) in [5.74, 6) is 1.84. The number of aromatic nitrogens is 2. The van der Waals surface area contributed by atoms with Crippen molar-refractivity contribution < 1.29 is 4.79 Å². The SMILES string of the molecule is O=C(C[C@@H]1C=CCC1)NCCc1cn2c(n1)CCCC2. The van der Waals surface area contributed by atoms with Gasteiger partial charge in [-0.2, -0.15) is 0 Å². The Morgan fingerprint density at radius 2 is 2.40 bits per heavy atom. The van der Waals surface area contributed by atoms with Crippen molar-refractivity contribution in [2.75, 3.05) is 6.54 Å². The first-order chi connectivity index (χ1) is 9.81. The average molecular weight is 273 g/mol. The third kappa shape index (κ3) is 3.30. The van der Waals surface area contributed by atoms with E-state index in [1.54, 1.807) is 0 Å². The van der Waals surface area contributed by atoms with Gasteiger partial charge in [-0.1, -0.05) is 12.2 Å². The summed E-state index contributed by atoms with van der Waals surface area (Å²) in [5, 5.41) is 3.02. The zero-order chi connectivity index (χ0) is 13.8. The smallest absolute Gasteiger partial charge is 0.220 e. The minimum absolute atomic E-state index is 0.172. The van der Waals surface area contributed by atoms with Gasteiger partial charge in [0, 0.05) is 38.5 Å². The average Bonchev–Trinajstić information content (AvgIpc) is 3.07. The Kier molecular flexibility index (Phi) is 4.19. The van der Waals surface area contributed by atoms with Crippen LogP contribution in [0.15, 0.2) is 18.3 Å². The van der Waals surface area contributed by atoms with Gasteiger partial charge >= 0.3 is 0 Å². The summed E-state index contributed by atoms with van der Waals surface area (Å²) in [4.78, 5) is 16.5. The molecule has 0 radical (unpaired) electrons. The molecule has 0 unspecified atom stereocenters. The summed E-state index contributed by atoms with van der Waals surface area (Å²) in [7, 11) is 0. The maximum atomic E-state index is 11.8. The number of nitrogens with one attached hydrogen (secondary N) is 1. The zero-order valence-electron chi connectivity index (χ0n) is 12.0. The van der Waals surface area contributed by atoms with Gasteiger partial charge in [-0.25, -0.2) is 4.98 Å². The largest absolute Gasteiger partial charge is 0.356 e. The van der Waals surface area contributed by atoms with Crippen molar-refractivity contribution in [2.45, 2.75) is 51.5 Å². The summed E-state index contributed by atoms with van der Waals surface area (Å²) >= 11 is 0. The fourth-order valence-electron chi connectivity index (χ4n) is 3.10. The monoisotopic (exact) mass is 273 g/mol. The Labute approximate surface area is 120 Å². The van der Waals surface area contributed by atoms with Crippen molar-refractivity contribution in [1.29, 1.82) is 0 Å². The van der Waals surface area contributed by atoms with Crippen LogP contribution in [-0.4, -0.2) is 22.0 Å². The van der Waals surface area contributed by atoms with Crippen molar-refractivity contribution >= 4 is 5.91 Å². The number of hydrogen-bond acceptors (Lipinski definition) is 2. The topological polar surface area (TPSA) is 46.9 Å². The highest BCUT2D eigenvalue weighted by molar-refractivity contribution is 5.76. The van der Waals surface area contributed by atoms with Gasteiger partial charge in [0.1, 0.15) is 5.82 Å². The maximum Gasteiger partial charge on any atom is 0.220 e. The summed E-state index contributed by atoms with van der Waals surface area (Å²) in [6.07, 6.45) is 13.8. The van der Waals surface area contributed by atoms with E-state index in [1.807, 2.05) is 0 Å². The van der Waals surface area contributed by atoms with Gasteiger partial charge in [-0.05, 0) is 31.6 Å². The molecule has 2 aliphatic rings. The lowest BCUT2D eigenvalue weighted by Gasteiger charge is -2.11. The van der Waals surface area contributed by atoms with Crippen LogP contribution in [0.3, 0.4) is 0 Å². The van der Waals surface area contributed by atoms with Crippen LogP contribution in [0.25, 0.3) is 0 Å². The van der Waals surface area contributed by atoms with E-state index in [2.05, 4.69) is 33.2 Å². The quantitative estimate of drug-likeness (QED) is 0.836. The van der Waals surface area contributed by atoms with Gasteiger partial charge in [0.2, 0.25) is 5.91 Å². The lowest BCUT2D eigenvalue weighted by molar-refractivity contribution is -0.121. The predicted molar refractivity (Wildman–Crippen MR) is 78.4 cm³/mol. The molecule has 0 spiro atoms. The number of fused-ring (bicyclic) bond motifs is 1. The van der Waals surface area contributed by atoms with E-state index in [0.29, 0.717) is 18.9 Å². The molecule has 3 rings (SSSR count). The molecule has 0 aromatic carbocycles. The highest BCUT2D eigenvalue weighted by Crippen LogP contribution is 2.20. The molecule has 1 aromatic rings. The van der Waals surface area contributed by atoms with E-state index in [4.69, 9.17) is 0 Å². The van der Waals surface area contributed by atoms with Gasteiger partial charge < -0.3 is 9.88 Å². The Bertz CT molecular complexity index is 480. The highest BCUT2D eigenvalue weighted by atomic mass is 16.1. The van der Waals surface area contributed by atoms with Crippen LogP contribution in [0.1, 0.15) is 43.6 Å². The van der Waals surface area contributed by atoms with Gasteiger partial charge in [0.25, 0.3) is 0 Å². The van der Waals surface area contributed by atoms with Gasteiger partial charge in [-0.15, -0.1) is 0 Å². The lowest BCUT2D eigenvalue weighted by atomic mass is 10.1. The molecule has 0 bridgehead atoms. The molecule has 1 atom stereocenters. The molecule has 1 aromatic heterocycles. The third-order valence-corrected chi connectivity index (χ3v) is 4.22. The standard InChI is InChI=1S/C16H23N3O/c20-16(11-13-5-1-2-6-13)17-9-8-14-12-19-10-4-3-7-15(19)18-14/h1,5,12-13H,2-4,6-11H2,(H,17,20)/t13-/m1/s1. The summed E-state index contributed by atoms with van der Waals surface area (Å²) in [5.41, 5.74) is 1.11. The van der Waals surface area contributed by atoms with Crippen molar-refractivity contribution in [3.8, 4) is 0 Å². The van der Waals surface area contributed by atoms with E-state index < -0.39 is 0 Å². The molecular weight excluding hydrogens is 250 g/mol. The first-order valence-electron chi connectivity index (χ1n) is 7.79. The van der Waals surface area contributed by atoms with Crippen LogP contribution in [0.2, 0.25) is 0 Å². The van der Waals surface area contributed by atoms with Crippen LogP contribution in [0.5, 0.6) is 0 Å². The summed E-state index contributed by atoms with van der Waals surface area (Å²) < 4.78 is 2.27. The zero-order valence-corrected chi connectivity index (χ0v) is 12.0. The van der Waals surface area contributed by atoms with Gasteiger partial charge in [-0.3, -0.25) is 4.79 Å². The number of aryl methyl sites for hydroxylation is 2. The highest BCUT2D eigenvalue weighted by Gasteiger charge is 2.14. The first-order valence-corrected chi connectivity index (χ1v) is 7.79. The van der Waals surface area contributed by atoms with Crippen LogP contribution in [0.4, 0.5) is 0 Å². The molecule has 1 amide bonds. The van der Waals surface area contributed by atoms with Crippen LogP contribution in [-0.2, 0) is 24.2 Å². The number of imidazole rings is 1. The van der Waals surface area contributed by atoms with E-state index in [0.717, 1.165) is 37.9 Å². The molecule has 2 heterocycles. The maximum absolute atomic E-state index is 11.8. The molecule has 1 aliphatic heterocycles. The first kappa shape index (κ1) is 13.4. The molecule has 1 N–H and O–H groups in total. The Balaban J connectivity index is 1.41. The van der Waals surface area contributed by atoms with E-state index in [1.165, 1.54) is 18.7 Å². The summed E-state index contributed by atoms with van der Waals surface area (Å²) in [6, 6.07) is 0. The van der Waals surface area contributed by atoms with Crippen molar-refractivity contribution in [3.63, 3.8) is 0 Å². The minimum Gasteiger partial charge on any atom is -0.356 e. The van der Waals surface area contributed by atoms with Crippen molar-refractivity contribution in [1.82, 2.24) is 14.9 Å². The number of carbonyl (C=O) groups is 1. The fourth-order valence-corrected chi connectivity index (χ4v) is 3.10. The molecule has 0 saturated heterocycles. The number of rotatable bonds is 5. The number of allylic oxidation sites excluding steroid dienone is 2. The van der Waals surface area contributed by atoms with Crippen LogP contribution in [0, 0.1) is 5.92 Å². The number of nitrogens with zero attached hydrogens (tertiary/aromatic N) is 2. The van der Waals surface area contributed by atoms with E-state index in [9.17, 15) is 4.79 Å². The number of hydrogen-bond donors (Lipinski definition) is 1. The van der Waals surface area contributed by atoms with Crippen molar-refractivity contribution in [2.24, 2.45) is 5.92 Å². The molecule has 0 saturated carbocycles. The third-order valence-electron chi connectivity index (χ3n) is 4.22. The minimum atomic E-state index is 0.172. The predicted octanol–water partition coefficient (Wildman–Crippen LogP) is 2.23. The van der Waals surface area contributed by atoms with Crippen molar-refractivity contribution in [3.05, 3.63) is 29.9 Å². The fraction of sp³-hybridized carbons (Fsp3) is 0.625. The van der Waals surface area contributed by atoms with E-state index in [-0.39, 0.29) is 5.91 Å². The Hall–Kier alpha value is -1.58. The van der Waals surface area contributed by atoms with Crippen LogP contribution < -0.4 is 5.32 Å². The van der Waals surface area contributed by atoms with Gasteiger partial charge in [0.15, 0.2) is 0 Å². The normalized spacial score (nSPS) is 20.9. The molecule has 108 valence electrons. The Morgan fingerprint density at radius 1 is 1.45 bits per heavy atom. The van der Waals surface area contributed by atoms with E-state index >= 15 is 0 Å². The second kappa shape index (κ2) is 6.25. The Morgan fingerprint density at radius 3 is 3.20 bits per heavy atom. The molecule has 1 aliphatic carbocycles. The summed E-state index contributed by atoms with van der Waals surface area (Å²) in [6.45, 7) is 1.80. The number of amides is 1. The molecule has 20 heavy (non-hydrogen) atoms. The number of carbonyl (C=O) groups excluding carboxylic acids is 1. The molecule has 4 heteroatoms. The van der Waals surface area contributed by atoms with Crippen LogP contribution >= 0.6 is 0 Å². The second-order valence-corrected chi connectivity index (χ2v) is 5.87. The lowest BCUT2D eigenvalue weighted by Crippen LogP contribution is -2.27.